The molecule has 33 heavy (non-hydrogen) atoms. The Kier molecular flexibility index (Phi) is 8.43. The summed E-state index contributed by atoms with van der Waals surface area (Å²) in [6, 6.07) is 6.83. The molecule has 0 radical (unpaired) electrons. The average Bonchev–Trinajstić information content (AvgIpc) is 3.62. The van der Waals surface area contributed by atoms with Crippen molar-refractivity contribution >= 4 is 23.4 Å². The van der Waals surface area contributed by atoms with Crippen molar-refractivity contribution in [3.05, 3.63) is 23.8 Å². The van der Waals surface area contributed by atoms with Gasteiger partial charge in [0.15, 0.2) is 0 Å². The first kappa shape index (κ1) is 25.5. The number of benzene rings is 1. The minimum absolute atomic E-state index is 0.0841. The highest BCUT2D eigenvalue weighted by molar-refractivity contribution is 6.04. The van der Waals surface area contributed by atoms with Crippen molar-refractivity contribution in [2.24, 2.45) is 5.92 Å². The Morgan fingerprint density at radius 2 is 1.76 bits per heavy atom. The number of amides is 2. The molecule has 1 aromatic rings. The van der Waals surface area contributed by atoms with Gasteiger partial charge in [0.1, 0.15) is 0 Å². The van der Waals surface area contributed by atoms with E-state index in [9.17, 15) is 9.59 Å². The van der Waals surface area contributed by atoms with Crippen molar-refractivity contribution in [1.29, 1.82) is 0 Å². The third kappa shape index (κ3) is 5.71. The van der Waals surface area contributed by atoms with Gasteiger partial charge in [-0.05, 0) is 83.5 Å². The number of carbonyl (C=O) groups excluding carboxylic acids is 2. The third-order valence-electron chi connectivity index (χ3n) is 7.20. The fourth-order valence-corrected chi connectivity index (χ4v) is 5.08. The van der Waals surface area contributed by atoms with Gasteiger partial charge in [-0.2, -0.15) is 0 Å². The van der Waals surface area contributed by atoms with Crippen molar-refractivity contribution in [3.8, 4) is 0 Å². The normalized spacial score (nSPS) is 19.3. The molecule has 6 heteroatoms. The topological polar surface area (TPSA) is 53.1 Å². The van der Waals surface area contributed by atoms with E-state index in [1.54, 1.807) is 4.90 Å². The summed E-state index contributed by atoms with van der Waals surface area (Å²) in [5.41, 5.74) is 2.84. The van der Waals surface area contributed by atoms with Gasteiger partial charge < -0.3 is 14.5 Å². The first-order valence-corrected chi connectivity index (χ1v) is 12.9. The molecule has 0 aromatic heterocycles. The number of hydrogen-bond donors (Lipinski definition) is 0. The number of likely N-dealkylation sites (N-methyl/N-ethyl adjacent to an activating group) is 1. The second kappa shape index (κ2) is 10.9. The third-order valence-corrected chi connectivity index (χ3v) is 7.20. The maximum atomic E-state index is 13.1. The number of fused-ring (bicyclic) bond motifs is 1. The van der Waals surface area contributed by atoms with Crippen LogP contribution in [0.4, 0.5) is 16.2 Å². The molecular weight excluding hydrogens is 414 g/mol. The summed E-state index contributed by atoms with van der Waals surface area (Å²) in [5.74, 6) is 0.677. The maximum absolute atomic E-state index is 13.1. The van der Waals surface area contributed by atoms with E-state index in [0.29, 0.717) is 18.5 Å². The Morgan fingerprint density at radius 1 is 1.09 bits per heavy atom. The molecule has 6 nitrogen and oxygen atoms in total. The molecule has 1 heterocycles. The van der Waals surface area contributed by atoms with Gasteiger partial charge in [0.25, 0.3) is 0 Å². The van der Waals surface area contributed by atoms with Gasteiger partial charge in [-0.15, -0.1) is 0 Å². The number of hydrogen-bond acceptors (Lipinski definition) is 4. The summed E-state index contributed by atoms with van der Waals surface area (Å²) >= 11 is 0. The van der Waals surface area contributed by atoms with Crippen LogP contribution in [-0.4, -0.2) is 55.2 Å². The van der Waals surface area contributed by atoms with Crippen LogP contribution in [0.1, 0.15) is 85.1 Å². The zero-order valence-electron chi connectivity index (χ0n) is 21.6. The van der Waals surface area contributed by atoms with E-state index in [4.69, 9.17) is 4.74 Å². The predicted molar refractivity (Wildman–Crippen MR) is 135 cm³/mol. The second-order valence-corrected chi connectivity index (χ2v) is 10.1. The Balaban J connectivity index is 1.97. The van der Waals surface area contributed by atoms with Gasteiger partial charge in [0.05, 0.1) is 23.5 Å². The second-order valence-electron chi connectivity index (χ2n) is 10.1. The highest BCUT2D eigenvalue weighted by Crippen LogP contribution is 2.42. The van der Waals surface area contributed by atoms with Crippen molar-refractivity contribution < 1.29 is 14.3 Å². The molecule has 0 saturated heterocycles. The minimum atomic E-state index is -0.337. The SMILES string of the molecule is CCC(CN(C)C(CC)CC)c1ccc2c(c1)N(C(=O)OC(C)C)C[C@H](C)N2C(=O)C1CC1. The van der Waals surface area contributed by atoms with E-state index in [1.165, 1.54) is 5.56 Å². The van der Waals surface area contributed by atoms with Gasteiger partial charge in [0.2, 0.25) is 5.91 Å². The molecule has 2 amide bonds. The molecule has 0 spiro atoms. The van der Waals surface area contributed by atoms with Crippen LogP contribution in [0.5, 0.6) is 0 Å². The van der Waals surface area contributed by atoms with E-state index in [-0.39, 0.29) is 30.1 Å². The van der Waals surface area contributed by atoms with Crippen LogP contribution in [0.15, 0.2) is 18.2 Å². The van der Waals surface area contributed by atoms with Crippen LogP contribution in [0.25, 0.3) is 0 Å². The number of nitrogens with zero attached hydrogens (tertiary/aromatic N) is 3. The van der Waals surface area contributed by atoms with Gasteiger partial charge in [0, 0.05) is 25.0 Å². The Hall–Kier alpha value is -2.08. The summed E-state index contributed by atoms with van der Waals surface area (Å²) in [5, 5.41) is 0. The van der Waals surface area contributed by atoms with E-state index in [0.717, 1.165) is 50.0 Å². The molecule has 2 atom stereocenters. The zero-order chi connectivity index (χ0) is 24.3. The van der Waals surface area contributed by atoms with Gasteiger partial charge >= 0.3 is 6.09 Å². The number of carbonyl (C=O) groups is 2. The van der Waals surface area contributed by atoms with Crippen LogP contribution in [0.2, 0.25) is 0 Å². The van der Waals surface area contributed by atoms with Crippen molar-refractivity contribution in [1.82, 2.24) is 4.90 Å². The van der Waals surface area contributed by atoms with Crippen LogP contribution >= 0.6 is 0 Å². The van der Waals surface area contributed by atoms with E-state index < -0.39 is 0 Å². The van der Waals surface area contributed by atoms with Crippen LogP contribution in [-0.2, 0) is 9.53 Å². The summed E-state index contributed by atoms with van der Waals surface area (Å²) < 4.78 is 5.58. The first-order valence-electron chi connectivity index (χ1n) is 12.9. The molecule has 184 valence electrons. The highest BCUT2D eigenvalue weighted by Gasteiger charge is 2.41. The summed E-state index contributed by atoms with van der Waals surface area (Å²) in [6.07, 6.45) is 4.69. The number of ether oxygens (including phenoxy) is 1. The fourth-order valence-electron chi connectivity index (χ4n) is 5.08. The Labute approximate surface area is 200 Å². The molecule has 1 aliphatic heterocycles. The molecule has 0 N–H and O–H groups in total. The van der Waals surface area contributed by atoms with Gasteiger partial charge in [-0.25, -0.2) is 4.79 Å². The predicted octanol–water partition coefficient (Wildman–Crippen LogP) is 5.80. The molecule has 1 unspecified atom stereocenters. The minimum Gasteiger partial charge on any atom is -0.446 e. The lowest BCUT2D eigenvalue weighted by Crippen LogP contribution is -2.52. The van der Waals surface area contributed by atoms with Crippen molar-refractivity contribution in [3.63, 3.8) is 0 Å². The lowest BCUT2D eigenvalue weighted by atomic mass is 9.93. The average molecular weight is 458 g/mol. The quantitative estimate of drug-likeness (QED) is 0.470. The lowest BCUT2D eigenvalue weighted by Gasteiger charge is -2.41. The summed E-state index contributed by atoms with van der Waals surface area (Å²) in [7, 11) is 2.21. The number of rotatable bonds is 9. The standard InChI is InChI=1S/C27H43N3O3/c1-8-20(17-28(7)23(9-2)10-3)22-13-14-24-25(15-22)29(27(32)33-18(4)5)16-19(6)30(24)26(31)21-11-12-21/h13-15,18-21,23H,8-12,16-17H2,1-7H3/t19-,20?/m0/s1. The maximum Gasteiger partial charge on any atom is 0.414 e. The molecule has 1 saturated carbocycles. The molecule has 2 aliphatic rings. The highest BCUT2D eigenvalue weighted by atomic mass is 16.6. The van der Waals surface area contributed by atoms with Crippen molar-refractivity contribution in [2.45, 2.75) is 97.8 Å². The summed E-state index contributed by atoms with van der Waals surface area (Å²) in [6.45, 7) is 13.9. The fraction of sp³-hybridized carbons (Fsp3) is 0.704. The molecule has 3 rings (SSSR count). The monoisotopic (exact) mass is 457 g/mol. The van der Waals surface area contributed by atoms with Crippen LogP contribution in [0, 0.1) is 5.92 Å². The van der Waals surface area contributed by atoms with E-state index >= 15 is 0 Å². The molecular formula is C27H43N3O3. The zero-order valence-corrected chi connectivity index (χ0v) is 21.6. The van der Waals surface area contributed by atoms with Gasteiger partial charge in [-0.1, -0.05) is 26.8 Å². The molecule has 1 aromatic carbocycles. The molecule has 1 aliphatic carbocycles. The largest absolute Gasteiger partial charge is 0.446 e. The number of anilines is 2. The summed E-state index contributed by atoms with van der Waals surface area (Å²) in [4.78, 5) is 32.3. The molecule has 0 bridgehead atoms. The van der Waals surface area contributed by atoms with Crippen molar-refractivity contribution in [2.75, 3.05) is 29.9 Å². The molecule has 1 fully saturated rings. The van der Waals surface area contributed by atoms with Gasteiger partial charge in [-0.3, -0.25) is 9.69 Å². The Morgan fingerprint density at radius 3 is 2.30 bits per heavy atom. The Bertz CT molecular complexity index is 832. The first-order chi connectivity index (χ1) is 15.7. The smallest absolute Gasteiger partial charge is 0.414 e. The van der Waals surface area contributed by atoms with Crippen LogP contribution < -0.4 is 9.80 Å². The van der Waals surface area contributed by atoms with E-state index in [2.05, 4.69) is 50.9 Å². The van der Waals surface area contributed by atoms with Crippen LogP contribution in [0.3, 0.4) is 0 Å². The lowest BCUT2D eigenvalue weighted by molar-refractivity contribution is -0.120. The van der Waals surface area contributed by atoms with E-state index in [1.807, 2.05) is 25.7 Å².